The average Bonchev–Trinajstić information content (AvgIpc) is 2.43. The fraction of sp³-hybridized carbons (Fsp3) is 0.562. The van der Waals surface area contributed by atoms with Crippen molar-refractivity contribution in [1.29, 1.82) is 0 Å². The van der Waals surface area contributed by atoms with Crippen LogP contribution >= 0.6 is 0 Å². The first-order chi connectivity index (χ1) is 9.66. The number of hydrogen-bond acceptors (Lipinski definition) is 2. The normalized spacial score (nSPS) is 22.5. The van der Waals surface area contributed by atoms with Crippen LogP contribution in [0, 0.1) is 11.7 Å². The van der Waals surface area contributed by atoms with E-state index in [1.165, 1.54) is 18.9 Å². The second kappa shape index (κ2) is 7.39. The summed E-state index contributed by atoms with van der Waals surface area (Å²) in [5.41, 5.74) is 6.68. The third-order valence-corrected chi connectivity index (χ3v) is 4.09. The molecule has 1 aliphatic rings. The molecule has 4 heteroatoms. The van der Waals surface area contributed by atoms with Crippen molar-refractivity contribution in [1.82, 2.24) is 5.32 Å². The first-order valence-electron chi connectivity index (χ1n) is 7.42. The molecule has 1 amide bonds. The Morgan fingerprint density at radius 2 is 2.05 bits per heavy atom. The molecule has 0 heterocycles. The van der Waals surface area contributed by atoms with Gasteiger partial charge in [0, 0.05) is 19.0 Å². The second-order valence-corrected chi connectivity index (χ2v) is 5.60. The van der Waals surface area contributed by atoms with Crippen molar-refractivity contribution < 1.29 is 9.18 Å². The van der Waals surface area contributed by atoms with Gasteiger partial charge in [0.15, 0.2) is 0 Å². The highest BCUT2D eigenvalue weighted by molar-refractivity contribution is 5.76. The Labute approximate surface area is 119 Å². The molecule has 0 radical (unpaired) electrons. The van der Waals surface area contributed by atoms with Crippen molar-refractivity contribution in [2.24, 2.45) is 11.7 Å². The zero-order valence-corrected chi connectivity index (χ0v) is 11.8. The number of nitrogens with two attached hydrogens (primary N) is 1. The van der Waals surface area contributed by atoms with Gasteiger partial charge in [-0.25, -0.2) is 4.39 Å². The highest BCUT2D eigenvalue weighted by Crippen LogP contribution is 2.25. The second-order valence-electron chi connectivity index (χ2n) is 5.60. The van der Waals surface area contributed by atoms with Crippen molar-refractivity contribution in [3.8, 4) is 0 Å². The largest absolute Gasteiger partial charge is 0.356 e. The minimum atomic E-state index is -0.212. The molecule has 1 fully saturated rings. The van der Waals surface area contributed by atoms with Crippen molar-refractivity contribution in [3.05, 3.63) is 35.6 Å². The zero-order chi connectivity index (χ0) is 14.4. The molecule has 3 nitrogen and oxygen atoms in total. The fourth-order valence-electron chi connectivity index (χ4n) is 2.84. The van der Waals surface area contributed by atoms with Crippen LogP contribution in [0.5, 0.6) is 0 Å². The van der Waals surface area contributed by atoms with E-state index in [9.17, 15) is 9.18 Å². The molecule has 2 atom stereocenters. The monoisotopic (exact) mass is 278 g/mol. The fourth-order valence-corrected chi connectivity index (χ4v) is 2.84. The molecular weight excluding hydrogens is 255 g/mol. The maximum Gasteiger partial charge on any atom is 0.220 e. The first-order valence-corrected chi connectivity index (χ1v) is 7.42. The van der Waals surface area contributed by atoms with Crippen molar-refractivity contribution in [2.45, 2.75) is 44.6 Å². The topological polar surface area (TPSA) is 55.1 Å². The number of rotatable bonds is 5. The van der Waals surface area contributed by atoms with Gasteiger partial charge in [0.05, 0.1) is 0 Å². The van der Waals surface area contributed by atoms with Gasteiger partial charge < -0.3 is 11.1 Å². The van der Waals surface area contributed by atoms with Gasteiger partial charge in [-0.3, -0.25) is 4.79 Å². The smallest absolute Gasteiger partial charge is 0.220 e. The summed E-state index contributed by atoms with van der Waals surface area (Å²) in [5.74, 6) is 0.122. The zero-order valence-electron chi connectivity index (χ0n) is 11.8. The van der Waals surface area contributed by atoms with Gasteiger partial charge in [-0.05, 0) is 36.8 Å². The predicted molar refractivity (Wildman–Crippen MR) is 77.7 cm³/mol. The molecule has 1 aromatic carbocycles. The van der Waals surface area contributed by atoms with Gasteiger partial charge in [-0.2, -0.15) is 0 Å². The van der Waals surface area contributed by atoms with Crippen LogP contribution in [0.1, 0.15) is 37.7 Å². The highest BCUT2D eigenvalue weighted by atomic mass is 19.1. The van der Waals surface area contributed by atoms with Gasteiger partial charge in [-0.1, -0.05) is 31.0 Å². The van der Waals surface area contributed by atoms with Crippen LogP contribution in [0.2, 0.25) is 0 Å². The summed E-state index contributed by atoms with van der Waals surface area (Å²) in [4.78, 5) is 11.9. The number of carbonyl (C=O) groups is 1. The molecule has 110 valence electrons. The highest BCUT2D eigenvalue weighted by Gasteiger charge is 2.23. The molecule has 1 aromatic rings. The Morgan fingerprint density at radius 1 is 1.30 bits per heavy atom. The molecule has 0 aliphatic heterocycles. The van der Waals surface area contributed by atoms with Crippen molar-refractivity contribution in [3.63, 3.8) is 0 Å². The van der Waals surface area contributed by atoms with E-state index < -0.39 is 0 Å². The van der Waals surface area contributed by atoms with E-state index in [2.05, 4.69) is 5.32 Å². The number of nitrogens with one attached hydrogen (secondary N) is 1. The lowest BCUT2D eigenvalue weighted by Crippen LogP contribution is -2.37. The number of amides is 1. The van der Waals surface area contributed by atoms with Gasteiger partial charge in [-0.15, -0.1) is 0 Å². The quantitative estimate of drug-likeness (QED) is 0.869. The van der Waals surface area contributed by atoms with Crippen LogP contribution in [0.15, 0.2) is 24.3 Å². The molecule has 0 saturated heterocycles. The standard InChI is InChI=1S/C16H23FN2O/c17-14-7-3-1-5-12(14)9-10-19-16(20)11-13-6-2-4-8-15(13)18/h1,3,5,7,13,15H,2,4,6,8-11,18H2,(H,19,20). The van der Waals surface area contributed by atoms with Crippen LogP contribution < -0.4 is 11.1 Å². The van der Waals surface area contributed by atoms with E-state index in [0.29, 0.717) is 30.9 Å². The average molecular weight is 278 g/mol. The Balaban J connectivity index is 1.71. The van der Waals surface area contributed by atoms with Gasteiger partial charge in [0.25, 0.3) is 0 Å². The molecular formula is C16H23FN2O. The molecule has 1 aliphatic carbocycles. The lowest BCUT2D eigenvalue weighted by molar-refractivity contribution is -0.122. The van der Waals surface area contributed by atoms with Crippen LogP contribution in [0.3, 0.4) is 0 Å². The van der Waals surface area contributed by atoms with Crippen LogP contribution in [-0.4, -0.2) is 18.5 Å². The Kier molecular flexibility index (Phi) is 5.53. The number of carbonyl (C=O) groups excluding carboxylic acids is 1. The van der Waals surface area contributed by atoms with Crippen LogP contribution in [0.25, 0.3) is 0 Å². The first kappa shape index (κ1) is 15.0. The SMILES string of the molecule is NC1CCCCC1CC(=O)NCCc1ccccc1F. The van der Waals surface area contributed by atoms with Crippen molar-refractivity contribution >= 4 is 5.91 Å². The van der Waals surface area contributed by atoms with Gasteiger partial charge in [0.2, 0.25) is 5.91 Å². The summed E-state index contributed by atoms with van der Waals surface area (Å²) in [6.45, 7) is 0.474. The maximum absolute atomic E-state index is 13.4. The van der Waals surface area contributed by atoms with E-state index in [1.807, 2.05) is 0 Å². The third kappa shape index (κ3) is 4.30. The number of benzene rings is 1. The third-order valence-electron chi connectivity index (χ3n) is 4.09. The minimum absolute atomic E-state index is 0.0312. The lowest BCUT2D eigenvalue weighted by Gasteiger charge is -2.27. The summed E-state index contributed by atoms with van der Waals surface area (Å²) in [5, 5.41) is 2.87. The molecule has 0 bridgehead atoms. The lowest BCUT2D eigenvalue weighted by atomic mass is 9.83. The molecule has 0 aromatic heterocycles. The Morgan fingerprint density at radius 3 is 2.80 bits per heavy atom. The molecule has 3 N–H and O–H groups in total. The molecule has 0 spiro atoms. The molecule has 2 rings (SSSR count). The molecule has 1 saturated carbocycles. The van der Waals surface area contributed by atoms with E-state index >= 15 is 0 Å². The van der Waals surface area contributed by atoms with Crippen LogP contribution in [0.4, 0.5) is 4.39 Å². The van der Waals surface area contributed by atoms with Crippen molar-refractivity contribution in [2.75, 3.05) is 6.54 Å². The summed E-state index contributed by atoms with van der Waals surface area (Å²) >= 11 is 0. The Bertz CT molecular complexity index is 450. The predicted octanol–water partition coefficient (Wildman–Crippen LogP) is 2.39. The number of hydrogen-bond donors (Lipinski definition) is 2. The van der Waals surface area contributed by atoms with E-state index in [4.69, 9.17) is 5.73 Å². The minimum Gasteiger partial charge on any atom is -0.356 e. The molecule has 2 unspecified atom stereocenters. The van der Waals surface area contributed by atoms with Gasteiger partial charge in [0.1, 0.15) is 5.82 Å². The van der Waals surface area contributed by atoms with Crippen LogP contribution in [-0.2, 0) is 11.2 Å². The summed E-state index contributed by atoms with van der Waals surface area (Å²) in [6, 6.07) is 6.82. The molecule has 20 heavy (non-hydrogen) atoms. The van der Waals surface area contributed by atoms with E-state index in [-0.39, 0.29) is 17.8 Å². The Hall–Kier alpha value is -1.42. The summed E-state index contributed by atoms with van der Waals surface area (Å²) in [6.07, 6.45) is 5.43. The van der Waals surface area contributed by atoms with E-state index in [0.717, 1.165) is 12.8 Å². The number of halogens is 1. The van der Waals surface area contributed by atoms with Gasteiger partial charge >= 0.3 is 0 Å². The summed E-state index contributed by atoms with van der Waals surface area (Å²) in [7, 11) is 0. The maximum atomic E-state index is 13.4. The van der Waals surface area contributed by atoms with E-state index in [1.54, 1.807) is 18.2 Å². The summed E-state index contributed by atoms with van der Waals surface area (Å²) < 4.78 is 13.4.